The molecule has 2 nitrogen and oxygen atoms in total. The summed E-state index contributed by atoms with van der Waals surface area (Å²) in [6.07, 6.45) is 2.61. The van der Waals surface area contributed by atoms with Gasteiger partial charge in [0.05, 0.1) is 6.61 Å². The molecule has 0 spiro atoms. The third kappa shape index (κ3) is 2.77. The SMILES string of the molecule is CC1(CO)CCC(c2ccc(Cl)cc2)=C(CO)C1. The quantitative estimate of drug-likeness (QED) is 0.882. The second-order valence-electron chi connectivity index (χ2n) is 5.39. The molecule has 2 rings (SSSR count). The van der Waals surface area contributed by atoms with Crippen molar-refractivity contribution < 1.29 is 10.2 Å². The van der Waals surface area contributed by atoms with Crippen molar-refractivity contribution in [1.82, 2.24) is 0 Å². The van der Waals surface area contributed by atoms with Crippen LogP contribution in [0.15, 0.2) is 29.8 Å². The van der Waals surface area contributed by atoms with Gasteiger partial charge in [-0.1, -0.05) is 30.7 Å². The van der Waals surface area contributed by atoms with Crippen molar-refractivity contribution in [3.05, 3.63) is 40.4 Å². The van der Waals surface area contributed by atoms with Crippen LogP contribution in [-0.4, -0.2) is 23.4 Å². The zero-order valence-electron chi connectivity index (χ0n) is 10.6. The van der Waals surface area contributed by atoms with Crippen molar-refractivity contribution in [2.24, 2.45) is 5.41 Å². The lowest BCUT2D eigenvalue weighted by Crippen LogP contribution is -2.26. The van der Waals surface area contributed by atoms with Gasteiger partial charge in [0.1, 0.15) is 0 Å². The van der Waals surface area contributed by atoms with Crippen LogP contribution in [-0.2, 0) is 0 Å². The first-order chi connectivity index (χ1) is 8.58. The Morgan fingerprint density at radius 1 is 1.22 bits per heavy atom. The first kappa shape index (κ1) is 13.6. The molecule has 0 saturated heterocycles. The van der Waals surface area contributed by atoms with Crippen LogP contribution in [0.25, 0.3) is 5.57 Å². The summed E-state index contributed by atoms with van der Waals surface area (Å²) < 4.78 is 0. The third-order valence-electron chi connectivity index (χ3n) is 3.81. The van der Waals surface area contributed by atoms with Gasteiger partial charge in [-0.25, -0.2) is 0 Å². The minimum Gasteiger partial charge on any atom is -0.396 e. The van der Waals surface area contributed by atoms with Gasteiger partial charge >= 0.3 is 0 Å². The van der Waals surface area contributed by atoms with Crippen LogP contribution in [0, 0.1) is 5.41 Å². The van der Waals surface area contributed by atoms with Crippen LogP contribution in [0.3, 0.4) is 0 Å². The van der Waals surface area contributed by atoms with Gasteiger partial charge in [0, 0.05) is 11.6 Å². The molecule has 1 aliphatic rings. The first-order valence-corrected chi connectivity index (χ1v) is 6.64. The Balaban J connectivity index is 2.33. The van der Waals surface area contributed by atoms with E-state index in [-0.39, 0.29) is 18.6 Å². The number of hydrogen-bond donors (Lipinski definition) is 2. The average Bonchev–Trinajstić information content (AvgIpc) is 2.40. The van der Waals surface area contributed by atoms with E-state index >= 15 is 0 Å². The van der Waals surface area contributed by atoms with Crippen LogP contribution >= 0.6 is 11.6 Å². The van der Waals surface area contributed by atoms with Gasteiger partial charge < -0.3 is 10.2 Å². The van der Waals surface area contributed by atoms with E-state index in [2.05, 4.69) is 6.92 Å². The van der Waals surface area contributed by atoms with Crippen LogP contribution in [0.4, 0.5) is 0 Å². The maximum absolute atomic E-state index is 9.54. The fraction of sp³-hybridized carbons (Fsp3) is 0.467. The molecule has 1 aromatic rings. The van der Waals surface area contributed by atoms with Gasteiger partial charge in [-0.2, -0.15) is 0 Å². The summed E-state index contributed by atoms with van der Waals surface area (Å²) in [5.74, 6) is 0. The molecular weight excluding hydrogens is 248 g/mol. The van der Waals surface area contributed by atoms with Crippen molar-refractivity contribution in [3.63, 3.8) is 0 Å². The van der Waals surface area contributed by atoms with Crippen molar-refractivity contribution in [2.45, 2.75) is 26.2 Å². The largest absolute Gasteiger partial charge is 0.396 e. The normalized spacial score (nSPS) is 24.4. The molecular formula is C15H19ClO2. The second-order valence-corrected chi connectivity index (χ2v) is 5.83. The summed E-state index contributed by atoms with van der Waals surface area (Å²) in [6.45, 7) is 2.30. The highest BCUT2D eigenvalue weighted by Crippen LogP contribution is 2.42. The number of benzene rings is 1. The Labute approximate surface area is 113 Å². The van der Waals surface area contributed by atoms with Crippen molar-refractivity contribution in [1.29, 1.82) is 0 Å². The number of aliphatic hydroxyl groups is 2. The number of hydrogen-bond acceptors (Lipinski definition) is 2. The maximum Gasteiger partial charge on any atom is 0.0647 e. The summed E-state index contributed by atoms with van der Waals surface area (Å²) in [7, 11) is 0. The van der Waals surface area contributed by atoms with Crippen LogP contribution in [0.1, 0.15) is 31.7 Å². The van der Waals surface area contributed by atoms with Gasteiger partial charge in [0.2, 0.25) is 0 Å². The van der Waals surface area contributed by atoms with Gasteiger partial charge in [-0.15, -0.1) is 0 Å². The molecule has 2 N–H and O–H groups in total. The van der Waals surface area contributed by atoms with Gasteiger partial charge in [0.25, 0.3) is 0 Å². The Hall–Kier alpha value is -0.830. The fourth-order valence-electron chi connectivity index (χ4n) is 2.60. The molecule has 98 valence electrons. The lowest BCUT2D eigenvalue weighted by atomic mass is 9.72. The van der Waals surface area contributed by atoms with E-state index in [0.29, 0.717) is 0 Å². The predicted octanol–water partition coefficient (Wildman–Crippen LogP) is 3.27. The third-order valence-corrected chi connectivity index (χ3v) is 4.06. The molecule has 1 unspecified atom stereocenters. The molecule has 0 fully saturated rings. The second kappa shape index (κ2) is 5.43. The minimum atomic E-state index is -0.0893. The summed E-state index contributed by atoms with van der Waals surface area (Å²) in [5, 5.41) is 19.7. The number of rotatable bonds is 3. The van der Waals surface area contributed by atoms with Gasteiger partial charge in [0.15, 0.2) is 0 Å². The van der Waals surface area contributed by atoms with Gasteiger partial charge in [-0.3, -0.25) is 0 Å². The van der Waals surface area contributed by atoms with Gasteiger partial charge in [-0.05, 0) is 53.5 Å². The highest BCUT2D eigenvalue weighted by molar-refractivity contribution is 6.30. The highest BCUT2D eigenvalue weighted by atomic mass is 35.5. The van der Waals surface area contributed by atoms with Crippen molar-refractivity contribution >= 4 is 17.2 Å². The molecule has 0 saturated carbocycles. The van der Waals surface area contributed by atoms with E-state index in [1.165, 1.54) is 5.57 Å². The van der Waals surface area contributed by atoms with Crippen molar-refractivity contribution in [2.75, 3.05) is 13.2 Å². The Bertz CT molecular complexity index is 450. The molecule has 3 heteroatoms. The average molecular weight is 267 g/mol. The summed E-state index contributed by atoms with van der Waals surface area (Å²) >= 11 is 5.89. The van der Waals surface area contributed by atoms with E-state index in [9.17, 15) is 10.2 Å². The number of halogens is 1. The summed E-state index contributed by atoms with van der Waals surface area (Å²) in [4.78, 5) is 0. The van der Waals surface area contributed by atoms with E-state index in [0.717, 1.165) is 35.4 Å². The number of allylic oxidation sites excluding steroid dienone is 1. The Morgan fingerprint density at radius 2 is 1.89 bits per heavy atom. The minimum absolute atomic E-state index is 0.0630. The van der Waals surface area contributed by atoms with E-state index < -0.39 is 0 Å². The first-order valence-electron chi connectivity index (χ1n) is 6.26. The monoisotopic (exact) mass is 266 g/mol. The lowest BCUT2D eigenvalue weighted by molar-refractivity contribution is 0.125. The maximum atomic E-state index is 9.54. The summed E-state index contributed by atoms with van der Waals surface area (Å²) in [5.41, 5.74) is 3.29. The Kier molecular flexibility index (Phi) is 4.10. The van der Waals surface area contributed by atoms with Crippen molar-refractivity contribution in [3.8, 4) is 0 Å². The predicted molar refractivity (Wildman–Crippen MR) is 74.5 cm³/mol. The molecule has 0 aromatic heterocycles. The molecule has 18 heavy (non-hydrogen) atoms. The molecule has 1 aromatic carbocycles. The van der Waals surface area contributed by atoms with E-state index in [4.69, 9.17) is 11.6 Å². The zero-order valence-corrected chi connectivity index (χ0v) is 11.4. The molecule has 0 radical (unpaired) electrons. The molecule has 1 aliphatic carbocycles. The standard InChI is InChI=1S/C15H19ClO2/c1-15(10-18)7-6-14(12(8-15)9-17)11-2-4-13(16)5-3-11/h2-5,17-18H,6-10H2,1H3. The van der Waals surface area contributed by atoms with Crippen LogP contribution in [0.5, 0.6) is 0 Å². The van der Waals surface area contributed by atoms with E-state index in [1.807, 2.05) is 24.3 Å². The summed E-state index contributed by atoms with van der Waals surface area (Å²) in [6, 6.07) is 7.74. The molecule has 0 bridgehead atoms. The topological polar surface area (TPSA) is 40.5 Å². The zero-order chi connectivity index (χ0) is 13.2. The number of aliphatic hydroxyl groups excluding tert-OH is 2. The Morgan fingerprint density at radius 3 is 2.44 bits per heavy atom. The molecule has 0 aliphatic heterocycles. The molecule has 0 heterocycles. The van der Waals surface area contributed by atoms with E-state index in [1.54, 1.807) is 0 Å². The lowest BCUT2D eigenvalue weighted by Gasteiger charge is -2.34. The highest BCUT2D eigenvalue weighted by Gasteiger charge is 2.30. The fourth-order valence-corrected chi connectivity index (χ4v) is 2.73. The van der Waals surface area contributed by atoms with Crippen LogP contribution in [0.2, 0.25) is 5.02 Å². The molecule has 0 amide bonds. The molecule has 1 atom stereocenters. The van der Waals surface area contributed by atoms with Crippen LogP contribution < -0.4 is 0 Å². The smallest absolute Gasteiger partial charge is 0.0647 e.